The van der Waals surface area contributed by atoms with Crippen molar-refractivity contribution in [2.45, 2.75) is 45.9 Å². The van der Waals surface area contributed by atoms with Crippen molar-refractivity contribution in [1.82, 2.24) is 14.9 Å². The molecule has 1 aliphatic heterocycles. The molecule has 2 rings (SSSR count). The molecule has 1 unspecified atom stereocenters. The topological polar surface area (TPSA) is 128 Å². The van der Waals surface area contributed by atoms with Gasteiger partial charge in [0, 0.05) is 24.0 Å². The minimum absolute atomic E-state index is 0.0140. The molecule has 0 radical (unpaired) electrons. The first-order valence-corrected chi connectivity index (χ1v) is 10.8. The Morgan fingerprint density at radius 2 is 1.72 bits per heavy atom. The van der Waals surface area contributed by atoms with Crippen molar-refractivity contribution in [3.8, 4) is 0 Å². The maximum Gasteiger partial charge on any atom is 0.333 e. The number of aliphatic hydroxyl groups excluding tert-OH is 1. The number of nitrogens with one attached hydrogen (secondary N) is 3. The highest BCUT2D eigenvalue weighted by Crippen LogP contribution is 2.35. The molecule has 9 nitrogen and oxygen atoms in total. The molecule has 29 heavy (non-hydrogen) atoms. The van der Waals surface area contributed by atoms with Crippen LogP contribution in [0.2, 0.25) is 5.02 Å². The van der Waals surface area contributed by atoms with Gasteiger partial charge in [-0.25, -0.2) is 17.9 Å². The molecule has 11 heteroatoms. The van der Waals surface area contributed by atoms with Gasteiger partial charge in [-0.2, -0.15) is 0 Å². The van der Waals surface area contributed by atoms with Gasteiger partial charge in [-0.05, 0) is 35.1 Å². The number of anilines is 1. The van der Waals surface area contributed by atoms with E-state index in [4.69, 9.17) is 11.6 Å². The Kier molecular flexibility index (Phi) is 6.82. The summed E-state index contributed by atoms with van der Waals surface area (Å²) in [5, 5.41) is 15.0. The van der Waals surface area contributed by atoms with Gasteiger partial charge in [-0.3, -0.25) is 9.69 Å². The molecule has 0 aromatic heterocycles. The number of nitrogens with zero attached hydrogens (tertiary/aromatic N) is 1. The van der Waals surface area contributed by atoms with Gasteiger partial charge in [0.15, 0.2) is 4.91 Å². The van der Waals surface area contributed by atoms with Crippen LogP contribution in [-0.4, -0.2) is 43.8 Å². The molecule has 1 aromatic carbocycles. The molecule has 1 aliphatic rings. The van der Waals surface area contributed by atoms with E-state index in [9.17, 15) is 23.1 Å². The summed E-state index contributed by atoms with van der Waals surface area (Å²) >= 11 is 6.19. The minimum Gasteiger partial charge on any atom is -0.356 e. The molecule has 0 saturated carbocycles. The first kappa shape index (κ1) is 23.0. The average Bonchev–Trinajstić information content (AvgIpc) is 2.59. The highest BCUT2D eigenvalue weighted by Gasteiger charge is 2.35. The van der Waals surface area contributed by atoms with Crippen molar-refractivity contribution in [3.63, 3.8) is 0 Å². The van der Waals surface area contributed by atoms with Crippen molar-refractivity contribution >= 4 is 39.2 Å². The normalized spacial score (nSPS) is 17.3. The first-order chi connectivity index (χ1) is 13.3. The molecule has 0 aliphatic carbocycles. The third-order valence-corrected chi connectivity index (χ3v) is 5.97. The molecule has 3 amide bonds. The van der Waals surface area contributed by atoms with Gasteiger partial charge >= 0.3 is 6.03 Å². The van der Waals surface area contributed by atoms with E-state index in [-0.39, 0.29) is 11.8 Å². The van der Waals surface area contributed by atoms with E-state index >= 15 is 0 Å². The third-order valence-electron chi connectivity index (χ3n) is 4.42. The molecular weight excluding hydrogens is 420 g/mol. The Bertz CT molecular complexity index is 930. The van der Waals surface area contributed by atoms with Crippen LogP contribution in [0, 0.1) is 0 Å². The molecule has 0 bridgehead atoms. The highest BCUT2D eigenvalue weighted by molar-refractivity contribution is 7.94. The van der Waals surface area contributed by atoms with E-state index < -0.39 is 33.2 Å². The van der Waals surface area contributed by atoms with Crippen molar-refractivity contribution in [2.75, 3.05) is 12.4 Å². The lowest BCUT2D eigenvalue weighted by Gasteiger charge is -2.28. The number of sulfonamides is 1. The standard InChI is InChI=1S/C18H25ClN4O5S/c1-9(2)12-6-11(19)7-13(10(3)4)15(12)21-17(25)22-29(27,28)14-8-20-18(26)23(5)16(14)24/h6-10,18,20,26H,1-5H3,(H2,21,22,25). The van der Waals surface area contributed by atoms with Gasteiger partial charge in [-0.15, -0.1) is 0 Å². The Hall–Kier alpha value is -2.30. The number of carbonyl (C=O) groups excluding carboxylic acids is 2. The van der Waals surface area contributed by atoms with E-state index in [2.05, 4.69) is 10.6 Å². The number of likely N-dealkylation sites (N-methyl/N-ethyl adjacent to an activating group) is 1. The fourth-order valence-electron chi connectivity index (χ4n) is 2.82. The molecule has 160 valence electrons. The number of hydrogen-bond acceptors (Lipinski definition) is 6. The second-order valence-corrected chi connectivity index (χ2v) is 9.38. The zero-order valence-corrected chi connectivity index (χ0v) is 18.4. The number of hydrogen-bond donors (Lipinski definition) is 4. The van der Waals surface area contributed by atoms with Crippen LogP contribution in [0.15, 0.2) is 23.2 Å². The van der Waals surface area contributed by atoms with Crippen molar-refractivity contribution < 1.29 is 23.1 Å². The molecule has 0 spiro atoms. The monoisotopic (exact) mass is 444 g/mol. The number of aliphatic hydroxyl groups is 1. The summed E-state index contributed by atoms with van der Waals surface area (Å²) < 4.78 is 26.9. The predicted molar refractivity (Wildman–Crippen MR) is 111 cm³/mol. The summed E-state index contributed by atoms with van der Waals surface area (Å²) in [6, 6.07) is 2.42. The van der Waals surface area contributed by atoms with Crippen LogP contribution in [0.3, 0.4) is 0 Å². The number of carbonyl (C=O) groups is 2. The summed E-state index contributed by atoms with van der Waals surface area (Å²) in [6.07, 6.45) is -0.504. The van der Waals surface area contributed by atoms with Gasteiger partial charge in [0.1, 0.15) is 0 Å². The molecule has 1 heterocycles. The predicted octanol–water partition coefficient (Wildman–Crippen LogP) is 2.22. The van der Waals surface area contributed by atoms with E-state index in [0.717, 1.165) is 22.2 Å². The van der Waals surface area contributed by atoms with Crippen molar-refractivity contribution in [2.24, 2.45) is 0 Å². The Labute approximate surface area is 175 Å². The maximum atomic E-state index is 12.5. The Morgan fingerprint density at radius 1 is 1.21 bits per heavy atom. The van der Waals surface area contributed by atoms with Crippen LogP contribution in [0.1, 0.15) is 50.7 Å². The van der Waals surface area contributed by atoms with Crippen LogP contribution in [0.25, 0.3) is 0 Å². The van der Waals surface area contributed by atoms with E-state index in [1.807, 2.05) is 32.4 Å². The van der Waals surface area contributed by atoms with Gasteiger partial charge in [0.05, 0.1) is 0 Å². The average molecular weight is 445 g/mol. The van der Waals surface area contributed by atoms with Crippen molar-refractivity contribution in [1.29, 1.82) is 0 Å². The van der Waals surface area contributed by atoms with E-state index in [1.54, 1.807) is 12.1 Å². The fourth-order valence-corrected chi connectivity index (χ4v) is 4.06. The van der Waals surface area contributed by atoms with Crippen LogP contribution >= 0.6 is 11.6 Å². The maximum absolute atomic E-state index is 12.5. The molecular formula is C18H25ClN4O5S. The minimum atomic E-state index is -4.47. The van der Waals surface area contributed by atoms with Gasteiger partial charge in [0.25, 0.3) is 15.9 Å². The van der Waals surface area contributed by atoms with E-state index in [1.165, 1.54) is 7.05 Å². The fraction of sp³-hybridized carbons (Fsp3) is 0.444. The Morgan fingerprint density at radius 3 is 2.21 bits per heavy atom. The summed E-state index contributed by atoms with van der Waals surface area (Å²) in [7, 11) is -3.25. The lowest BCUT2D eigenvalue weighted by Crippen LogP contribution is -2.51. The zero-order chi connectivity index (χ0) is 22.1. The number of halogens is 1. The van der Waals surface area contributed by atoms with Crippen LogP contribution in [-0.2, 0) is 14.8 Å². The second-order valence-electron chi connectivity index (χ2n) is 7.29. The smallest absolute Gasteiger partial charge is 0.333 e. The van der Waals surface area contributed by atoms with Crippen molar-refractivity contribution in [3.05, 3.63) is 39.4 Å². The van der Waals surface area contributed by atoms with Gasteiger partial charge in [0.2, 0.25) is 6.35 Å². The quantitative estimate of drug-likeness (QED) is 0.551. The first-order valence-electron chi connectivity index (χ1n) is 8.93. The summed E-state index contributed by atoms with van der Waals surface area (Å²) in [5.41, 5.74) is 1.99. The van der Waals surface area contributed by atoms with Gasteiger partial charge in [-0.1, -0.05) is 39.3 Å². The second kappa shape index (κ2) is 8.60. The van der Waals surface area contributed by atoms with Crippen LogP contribution in [0.5, 0.6) is 0 Å². The van der Waals surface area contributed by atoms with Crippen LogP contribution < -0.4 is 15.4 Å². The highest BCUT2D eigenvalue weighted by atomic mass is 35.5. The summed E-state index contributed by atoms with van der Waals surface area (Å²) in [4.78, 5) is 24.7. The molecule has 1 atom stereocenters. The van der Waals surface area contributed by atoms with E-state index in [0.29, 0.717) is 10.7 Å². The van der Waals surface area contributed by atoms with Gasteiger partial charge < -0.3 is 15.7 Å². The lowest BCUT2D eigenvalue weighted by atomic mass is 9.92. The zero-order valence-electron chi connectivity index (χ0n) is 16.8. The number of benzene rings is 1. The molecule has 1 aromatic rings. The lowest BCUT2D eigenvalue weighted by molar-refractivity contribution is -0.136. The largest absolute Gasteiger partial charge is 0.356 e. The molecule has 0 fully saturated rings. The number of rotatable bonds is 5. The SMILES string of the molecule is CC(C)c1cc(Cl)cc(C(C)C)c1NC(=O)NS(=O)(=O)C1=CNC(O)N(C)C1=O. The molecule has 4 N–H and O–H groups in total. The number of amides is 3. The molecule has 0 saturated heterocycles. The third kappa shape index (κ3) is 5.01. The number of urea groups is 1. The Balaban J connectivity index is 2.33. The van der Waals surface area contributed by atoms with Crippen LogP contribution in [0.4, 0.5) is 10.5 Å². The summed E-state index contributed by atoms with van der Waals surface area (Å²) in [6.45, 7) is 7.70. The summed E-state index contributed by atoms with van der Waals surface area (Å²) in [5.74, 6) is -0.922.